The van der Waals surface area contributed by atoms with Gasteiger partial charge in [-0.15, -0.1) is 0 Å². The summed E-state index contributed by atoms with van der Waals surface area (Å²) in [5.74, 6) is 0.592. The molecule has 124 valence electrons. The van der Waals surface area contributed by atoms with Gasteiger partial charge in [0, 0.05) is 31.7 Å². The Bertz CT molecular complexity index is 587. The lowest BCUT2D eigenvalue weighted by Gasteiger charge is -2.37. The van der Waals surface area contributed by atoms with E-state index in [9.17, 15) is 9.59 Å². The second-order valence-corrected chi connectivity index (χ2v) is 6.59. The number of benzene rings is 1. The van der Waals surface area contributed by atoms with Crippen LogP contribution in [0.2, 0.25) is 0 Å². The van der Waals surface area contributed by atoms with Gasteiger partial charge in [-0.05, 0) is 43.2 Å². The van der Waals surface area contributed by atoms with Gasteiger partial charge in [0.05, 0.1) is 0 Å². The van der Waals surface area contributed by atoms with E-state index in [4.69, 9.17) is 0 Å². The molecule has 2 atom stereocenters. The summed E-state index contributed by atoms with van der Waals surface area (Å²) in [6.07, 6.45) is 6.02. The quantitative estimate of drug-likeness (QED) is 0.900. The summed E-state index contributed by atoms with van der Waals surface area (Å²) in [5, 5.41) is 5.84. The highest BCUT2D eigenvalue weighted by Crippen LogP contribution is 2.36. The Morgan fingerprint density at radius 2 is 1.96 bits per heavy atom. The number of nitrogens with zero attached hydrogens (tertiary/aromatic N) is 1. The first-order chi connectivity index (χ1) is 11.1. The van der Waals surface area contributed by atoms with Crippen LogP contribution in [-0.2, 0) is 11.3 Å². The Hall–Kier alpha value is -2.04. The number of nitrogens with one attached hydrogen (secondary N) is 2. The summed E-state index contributed by atoms with van der Waals surface area (Å²) >= 11 is 0. The van der Waals surface area contributed by atoms with Crippen molar-refractivity contribution in [3.05, 3.63) is 29.8 Å². The van der Waals surface area contributed by atoms with Gasteiger partial charge >= 0.3 is 6.03 Å². The van der Waals surface area contributed by atoms with Crippen molar-refractivity contribution >= 4 is 17.6 Å². The van der Waals surface area contributed by atoms with E-state index in [2.05, 4.69) is 10.6 Å². The average Bonchev–Trinajstić information content (AvgIpc) is 3.01. The van der Waals surface area contributed by atoms with E-state index in [1.54, 1.807) is 0 Å². The summed E-state index contributed by atoms with van der Waals surface area (Å²) < 4.78 is 0. The molecule has 2 aliphatic rings. The van der Waals surface area contributed by atoms with Gasteiger partial charge in [0.25, 0.3) is 0 Å². The van der Waals surface area contributed by atoms with Crippen LogP contribution in [0.5, 0.6) is 0 Å². The predicted molar refractivity (Wildman–Crippen MR) is 90.1 cm³/mol. The monoisotopic (exact) mass is 315 g/mol. The zero-order valence-electron chi connectivity index (χ0n) is 13.7. The number of urea groups is 1. The van der Waals surface area contributed by atoms with E-state index >= 15 is 0 Å². The molecule has 0 aromatic heterocycles. The number of hydrogen-bond acceptors (Lipinski definition) is 2. The minimum atomic E-state index is -0.103. The van der Waals surface area contributed by atoms with Crippen molar-refractivity contribution in [2.75, 3.05) is 11.9 Å². The highest BCUT2D eigenvalue weighted by atomic mass is 16.2. The molecule has 2 N–H and O–H groups in total. The summed E-state index contributed by atoms with van der Waals surface area (Å²) in [5.41, 5.74) is 1.69. The molecule has 0 bridgehead atoms. The number of amides is 3. The van der Waals surface area contributed by atoms with E-state index in [1.807, 2.05) is 29.2 Å². The van der Waals surface area contributed by atoms with Crippen molar-refractivity contribution in [2.45, 2.75) is 51.6 Å². The molecule has 0 unspecified atom stereocenters. The normalized spacial score (nSPS) is 23.3. The Morgan fingerprint density at radius 1 is 1.17 bits per heavy atom. The van der Waals surface area contributed by atoms with Crippen molar-refractivity contribution in [1.29, 1.82) is 0 Å². The summed E-state index contributed by atoms with van der Waals surface area (Å²) in [6, 6.07) is 8.04. The van der Waals surface area contributed by atoms with Gasteiger partial charge in [0.15, 0.2) is 0 Å². The number of rotatable bonds is 3. The standard InChI is InChI=1S/C18H25N3O2/c1-13(22)20-16-9-3-2-6-15(16)12-19-18(23)21-11-5-8-14-7-4-10-17(14)21/h2-3,6,9,14,17H,4-5,7-8,10-12H2,1H3,(H,19,23)(H,20,22)/t14-,17-/m1/s1. The average molecular weight is 315 g/mol. The fourth-order valence-electron chi connectivity index (χ4n) is 3.96. The Labute approximate surface area is 137 Å². The molecule has 1 heterocycles. The molecule has 3 amide bonds. The number of piperidine rings is 1. The molecule has 1 aromatic rings. The highest BCUT2D eigenvalue weighted by Gasteiger charge is 2.37. The summed E-state index contributed by atoms with van der Waals surface area (Å²) in [7, 11) is 0. The van der Waals surface area contributed by atoms with Crippen LogP contribution >= 0.6 is 0 Å². The second kappa shape index (κ2) is 7.02. The third-order valence-corrected chi connectivity index (χ3v) is 5.01. The van der Waals surface area contributed by atoms with E-state index in [0.29, 0.717) is 18.5 Å². The Kier molecular flexibility index (Phi) is 4.84. The fraction of sp³-hybridized carbons (Fsp3) is 0.556. The molecule has 5 heteroatoms. The smallest absolute Gasteiger partial charge is 0.317 e. The predicted octanol–water partition coefficient (Wildman–Crippen LogP) is 3.12. The van der Waals surface area contributed by atoms with Crippen molar-refractivity contribution < 1.29 is 9.59 Å². The molecule has 1 saturated carbocycles. The molecule has 3 rings (SSSR count). The molecule has 2 fully saturated rings. The molecule has 0 spiro atoms. The third-order valence-electron chi connectivity index (χ3n) is 5.01. The summed E-state index contributed by atoms with van der Waals surface area (Å²) in [4.78, 5) is 25.9. The van der Waals surface area contributed by atoms with Crippen molar-refractivity contribution in [3.8, 4) is 0 Å². The van der Waals surface area contributed by atoms with Crippen LogP contribution in [-0.4, -0.2) is 29.4 Å². The number of hydrogen-bond donors (Lipinski definition) is 2. The largest absolute Gasteiger partial charge is 0.334 e. The van der Waals surface area contributed by atoms with Crippen LogP contribution in [0, 0.1) is 5.92 Å². The van der Waals surface area contributed by atoms with Gasteiger partial charge < -0.3 is 15.5 Å². The van der Waals surface area contributed by atoms with Gasteiger partial charge in [-0.2, -0.15) is 0 Å². The molecule has 0 radical (unpaired) electrons. The van der Waals surface area contributed by atoms with Gasteiger partial charge in [-0.3, -0.25) is 4.79 Å². The summed E-state index contributed by atoms with van der Waals surface area (Å²) in [6.45, 7) is 2.78. The number of likely N-dealkylation sites (tertiary alicyclic amines) is 1. The van der Waals surface area contributed by atoms with Crippen LogP contribution in [0.15, 0.2) is 24.3 Å². The minimum absolute atomic E-state index is 0.0271. The van der Waals surface area contributed by atoms with Gasteiger partial charge in [0.2, 0.25) is 5.91 Å². The number of carbonyl (C=O) groups is 2. The van der Waals surface area contributed by atoms with E-state index < -0.39 is 0 Å². The molecule has 1 aliphatic carbocycles. The lowest BCUT2D eigenvalue weighted by Crippen LogP contribution is -2.50. The molecule has 1 aromatic carbocycles. The Balaban J connectivity index is 1.62. The maximum absolute atomic E-state index is 12.6. The lowest BCUT2D eigenvalue weighted by atomic mass is 9.92. The molecular formula is C18H25N3O2. The number of fused-ring (bicyclic) bond motifs is 1. The maximum atomic E-state index is 12.6. The SMILES string of the molecule is CC(=O)Nc1ccccc1CNC(=O)N1CCC[C@H]2CCC[C@H]21. The van der Waals surface area contributed by atoms with Crippen LogP contribution < -0.4 is 10.6 Å². The number of carbonyl (C=O) groups excluding carboxylic acids is 2. The van der Waals surface area contributed by atoms with Crippen molar-refractivity contribution in [2.24, 2.45) is 5.92 Å². The third kappa shape index (κ3) is 3.66. The van der Waals surface area contributed by atoms with Gasteiger partial charge in [0.1, 0.15) is 0 Å². The zero-order chi connectivity index (χ0) is 16.2. The molecule has 1 saturated heterocycles. The first kappa shape index (κ1) is 15.8. The maximum Gasteiger partial charge on any atom is 0.317 e. The van der Waals surface area contributed by atoms with Crippen molar-refractivity contribution in [3.63, 3.8) is 0 Å². The van der Waals surface area contributed by atoms with Crippen LogP contribution in [0.25, 0.3) is 0 Å². The zero-order valence-corrected chi connectivity index (χ0v) is 13.7. The molecular weight excluding hydrogens is 290 g/mol. The first-order valence-corrected chi connectivity index (χ1v) is 8.55. The van der Waals surface area contributed by atoms with Crippen LogP contribution in [0.1, 0.15) is 44.6 Å². The van der Waals surface area contributed by atoms with Crippen LogP contribution in [0.4, 0.5) is 10.5 Å². The molecule has 5 nitrogen and oxygen atoms in total. The van der Waals surface area contributed by atoms with E-state index in [1.165, 1.54) is 26.2 Å². The van der Waals surface area contributed by atoms with Gasteiger partial charge in [-0.1, -0.05) is 24.6 Å². The van der Waals surface area contributed by atoms with Crippen molar-refractivity contribution in [1.82, 2.24) is 10.2 Å². The Morgan fingerprint density at radius 3 is 2.78 bits per heavy atom. The molecule has 1 aliphatic heterocycles. The van der Waals surface area contributed by atoms with E-state index in [-0.39, 0.29) is 11.9 Å². The molecule has 23 heavy (non-hydrogen) atoms. The lowest BCUT2D eigenvalue weighted by molar-refractivity contribution is -0.114. The van der Waals surface area contributed by atoms with Gasteiger partial charge in [-0.25, -0.2) is 4.79 Å². The van der Waals surface area contributed by atoms with Crippen LogP contribution in [0.3, 0.4) is 0 Å². The highest BCUT2D eigenvalue weighted by molar-refractivity contribution is 5.89. The first-order valence-electron chi connectivity index (χ1n) is 8.55. The number of anilines is 1. The number of para-hydroxylation sites is 1. The van der Waals surface area contributed by atoms with E-state index in [0.717, 1.165) is 30.6 Å². The second-order valence-electron chi connectivity index (χ2n) is 6.59. The topological polar surface area (TPSA) is 61.4 Å². The minimum Gasteiger partial charge on any atom is -0.334 e. The fourth-order valence-corrected chi connectivity index (χ4v) is 3.96.